The highest BCUT2D eigenvalue weighted by atomic mass is 14.7. The Hall–Kier alpha value is -1.11. The summed E-state index contributed by atoms with van der Waals surface area (Å²) in [4.78, 5) is 4.55. The van der Waals surface area contributed by atoms with E-state index < -0.39 is 0 Å². The van der Waals surface area contributed by atoms with Crippen molar-refractivity contribution in [2.24, 2.45) is 5.92 Å². The highest BCUT2D eigenvalue weighted by molar-refractivity contribution is 5.56. The summed E-state index contributed by atoms with van der Waals surface area (Å²) in [5, 5.41) is 0. The van der Waals surface area contributed by atoms with E-state index in [0.717, 1.165) is 11.8 Å². The van der Waals surface area contributed by atoms with Crippen molar-refractivity contribution in [1.82, 2.24) is 4.98 Å². The summed E-state index contributed by atoms with van der Waals surface area (Å²) in [6.07, 6.45) is 9.14. The monoisotopic (exact) mass is 171 g/mol. The van der Waals surface area contributed by atoms with Gasteiger partial charge in [-0.15, -0.1) is 0 Å². The van der Waals surface area contributed by atoms with Crippen molar-refractivity contribution in [2.75, 3.05) is 0 Å². The molecule has 0 spiro atoms. The number of hydrogen-bond donors (Lipinski definition) is 0. The molecule has 0 amide bonds. The van der Waals surface area contributed by atoms with Crippen molar-refractivity contribution in [3.05, 3.63) is 35.2 Å². The Balaban J connectivity index is 2.15. The fourth-order valence-corrected chi connectivity index (χ4v) is 2.26. The smallest absolute Gasteiger partial charge is 0.0509 e. The van der Waals surface area contributed by atoms with Crippen LogP contribution in [0.3, 0.4) is 0 Å². The third kappa shape index (κ3) is 1.11. The van der Waals surface area contributed by atoms with Gasteiger partial charge in [-0.3, -0.25) is 4.98 Å². The maximum atomic E-state index is 4.55. The van der Waals surface area contributed by atoms with Crippen LogP contribution < -0.4 is 0 Å². The van der Waals surface area contributed by atoms with E-state index in [-0.39, 0.29) is 0 Å². The molecule has 1 heterocycles. The molecular weight excluding hydrogens is 158 g/mol. The first-order chi connectivity index (χ1) is 6.34. The van der Waals surface area contributed by atoms with Crippen LogP contribution in [0.2, 0.25) is 0 Å². The van der Waals surface area contributed by atoms with Gasteiger partial charge in [0, 0.05) is 12.1 Å². The summed E-state index contributed by atoms with van der Waals surface area (Å²) >= 11 is 0. The summed E-state index contributed by atoms with van der Waals surface area (Å²) in [5.41, 5.74) is 3.96. The maximum Gasteiger partial charge on any atom is 0.0509 e. The van der Waals surface area contributed by atoms with E-state index in [1.165, 1.54) is 29.7 Å². The molecule has 0 N–H and O–H groups in total. The minimum absolute atomic E-state index is 0.769. The lowest BCUT2D eigenvalue weighted by Gasteiger charge is -2.03. The van der Waals surface area contributed by atoms with Gasteiger partial charge >= 0.3 is 0 Å². The molecule has 1 nitrogen and oxygen atoms in total. The normalized spacial score (nSPS) is 29.0. The molecule has 66 valence electrons. The Bertz CT molecular complexity index is 379. The van der Waals surface area contributed by atoms with Crippen LogP contribution in [0.5, 0.6) is 0 Å². The lowest BCUT2D eigenvalue weighted by molar-refractivity contribution is 0.813. The quantitative estimate of drug-likeness (QED) is 0.585. The van der Waals surface area contributed by atoms with E-state index in [1.54, 1.807) is 0 Å². The lowest BCUT2D eigenvalue weighted by atomic mass is 10.1. The molecule has 2 aliphatic rings. The number of allylic oxidation sites excluding steroid dienone is 1. The number of rotatable bonds is 0. The van der Waals surface area contributed by atoms with Gasteiger partial charge in [0.05, 0.1) is 5.69 Å². The van der Waals surface area contributed by atoms with Gasteiger partial charge in [0.25, 0.3) is 0 Å². The summed E-state index contributed by atoms with van der Waals surface area (Å²) in [7, 11) is 0. The van der Waals surface area contributed by atoms with E-state index in [1.807, 2.05) is 6.20 Å². The first-order valence-electron chi connectivity index (χ1n) is 4.97. The van der Waals surface area contributed by atoms with Crippen molar-refractivity contribution >= 4 is 6.08 Å². The van der Waals surface area contributed by atoms with Crippen LogP contribution in [-0.4, -0.2) is 4.98 Å². The summed E-state index contributed by atoms with van der Waals surface area (Å²) in [6, 6.07) is 2.25. The summed E-state index contributed by atoms with van der Waals surface area (Å²) in [5.74, 6) is 1.67. The zero-order valence-electron chi connectivity index (χ0n) is 7.83. The van der Waals surface area contributed by atoms with Crippen LogP contribution in [0.1, 0.15) is 35.6 Å². The van der Waals surface area contributed by atoms with Gasteiger partial charge < -0.3 is 0 Å². The molecule has 13 heavy (non-hydrogen) atoms. The molecule has 0 saturated heterocycles. The van der Waals surface area contributed by atoms with Gasteiger partial charge in [-0.2, -0.15) is 0 Å². The van der Waals surface area contributed by atoms with Gasteiger partial charge in [0.2, 0.25) is 0 Å². The van der Waals surface area contributed by atoms with Crippen molar-refractivity contribution < 1.29 is 0 Å². The maximum absolute atomic E-state index is 4.55. The van der Waals surface area contributed by atoms with Crippen LogP contribution in [0.25, 0.3) is 6.08 Å². The molecule has 0 radical (unpaired) electrons. The van der Waals surface area contributed by atoms with Gasteiger partial charge in [-0.25, -0.2) is 0 Å². The zero-order chi connectivity index (χ0) is 8.84. The second kappa shape index (κ2) is 2.44. The van der Waals surface area contributed by atoms with Crippen molar-refractivity contribution in [2.45, 2.75) is 25.7 Å². The van der Waals surface area contributed by atoms with E-state index >= 15 is 0 Å². The second-order valence-corrected chi connectivity index (χ2v) is 4.23. The fourth-order valence-electron chi connectivity index (χ4n) is 2.26. The van der Waals surface area contributed by atoms with Crippen LogP contribution >= 0.6 is 0 Å². The summed E-state index contributed by atoms with van der Waals surface area (Å²) < 4.78 is 0. The SMILES string of the molecule is Cc1cnc2c(c1)C=CCC1CC21. The molecule has 2 atom stereocenters. The predicted octanol–water partition coefficient (Wildman–Crippen LogP) is 2.91. The van der Waals surface area contributed by atoms with Crippen molar-refractivity contribution in [3.63, 3.8) is 0 Å². The molecular formula is C12H13N. The van der Waals surface area contributed by atoms with Gasteiger partial charge in [0.15, 0.2) is 0 Å². The first-order valence-corrected chi connectivity index (χ1v) is 4.97. The molecule has 2 aliphatic carbocycles. The molecule has 1 aromatic heterocycles. The highest BCUT2D eigenvalue weighted by Gasteiger charge is 2.40. The Morgan fingerprint density at radius 2 is 2.38 bits per heavy atom. The first kappa shape index (κ1) is 7.31. The summed E-state index contributed by atoms with van der Waals surface area (Å²) in [6.45, 7) is 2.11. The fraction of sp³-hybridized carbons (Fsp3) is 0.417. The van der Waals surface area contributed by atoms with E-state index in [0.29, 0.717) is 0 Å². The molecule has 0 aliphatic heterocycles. The number of aryl methyl sites for hydroxylation is 1. The minimum Gasteiger partial charge on any atom is -0.260 e. The molecule has 0 bridgehead atoms. The number of nitrogens with zero attached hydrogens (tertiary/aromatic N) is 1. The standard InChI is InChI=1S/C12H13N/c1-8-5-10-4-2-3-9-6-11(9)12(10)13-7-8/h2,4-5,7,9,11H,3,6H2,1H3. The van der Waals surface area contributed by atoms with Crippen LogP contribution in [-0.2, 0) is 0 Å². The van der Waals surface area contributed by atoms with E-state index in [9.17, 15) is 0 Å². The molecule has 3 rings (SSSR count). The average Bonchev–Trinajstić information content (AvgIpc) is 2.82. The third-order valence-electron chi connectivity index (χ3n) is 3.10. The Morgan fingerprint density at radius 3 is 3.31 bits per heavy atom. The Labute approximate surface area is 78.5 Å². The topological polar surface area (TPSA) is 12.9 Å². The van der Waals surface area contributed by atoms with Crippen LogP contribution in [0.15, 0.2) is 18.3 Å². The zero-order valence-corrected chi connectivity index (χ0v) is 7.83. The molecule has 0 aromatic carbocycles. The highest BCUT2D eigenvalue weighted by Crippen LogP contribution is 2.51. The Morgan fingerprint density at radius 1 is 1.46 bits per heavy atom. The predicted molar refractivity (Wildman–Crippen MR) is 53.5 cm³/mol. The molecule has 1 saturated carbocycles. The lowest BCUT2D eigenvalue weighted by Crippen LogP contribution is -1.92. The van der Waals surface area contributed by atoms with E-state index in [4.69, 9.17) is 0 Å². The molecule has 1 heteroatoms. The number of pyridine rings is 1. The van der Waals surface area contributed by atoms with Gasteiger partial charge in [0.1, 0.15) is 0 Å². The Kier molecular flexibility index (Phi) is 1.37. The number of aromatic nitrogens is 1. The molecule has 1 aromatic rings. The molecule has 1 fully saturated rings. The van der Waals surface area contributed by atoms with Crippen molar-refractivity contribution in [3.8, 4) is 0 Å². The van der Waals surface area contributed by atoms with E-state index in [2.05, 4.69) is 30.1 Å². The van der Waals surface area contributed by atoms with Crippen molar-refractivity contribution in [1.29, 1.82) is 0 Å². The minimum atomic E-state index is 0.769. The van der Waals surface area contributed by atoms with Crippen LogP contribution in [0.4, 0.5) is 0 Å². The van der Waals surface area contributed by atoms with Gasteiger partial charge in [-0.05, 0) is 42.9 Å². The third-order valence-corrected chi connectivity index (χ3v) is 3.10. The largest absolute Gasteiger partial charge is 0.260 e. The number of fused-ring (bicyclic) bond motifs is 3. The number of hydrogen-bond acceptors (Lipinski definition) is 1. The molecule has 2 unspecified atom stereocenters. The van der Waals surface area contributed by atoms with Crippen LogP contribution in [0, 0.1) is 12.8 Å². The van der Waals surface area contributed by atoms with Gasteiger partial charge in [-0.1, -0.05) is 12.2 Å². The average molecular weight is 171 g/mol. The second-order valence-electron chi connectivity index (χ2n) is 4.23.